The maximum absolute atomic E-state index is 13.2. The van der Waals surface area contributed by atoms with Crippen molar-refractivity contribution >= 4 is 61.4 Å². The van der Waals surface area contributed by atoms with Gasteiger partial charge in [-0.25, -0.2) is 13.2 Å². The number of nitrogens with zero attached hydrogens (tertiary/aromatic N) is 2. The molecule has 7 nitrogen and oxygen atoms in total. The van der Waals surface area contributed by atoms with Crippen molar-refractivity contribution < 1.29 is 18.3 Å². The number of carbonyl (C=O) groups is 1. The molecule has 5 aromatic rings. The Hall–Kier alpha value is -3.21. The summed E-state index contributed by atoms with van der Waals surface area (Å²) < 4.78 is 27.8. The van der Waals surface area contributed by atoms with Gasteiger partial charge in [-0.1, -0.05) is 53.5 Å². The van der Waals surface area contributed by atoms with Gasteiger partial charge >= 0.3 is 5.97 Å². The Balaban J connectivity index is 1.29. The lowest BCUT2D eigenvalue weighted by molar-refractivity contribution is 0.0702. The normalized spacial score (nSPS) is 15.1. The molecule has 0 spiro atoms. The first-order valence-corrected chi connectivity index (χ1v) is 16.0. The number of carboxylic acids is 1. The number of aromatic nitrogens is 2. The maximum atomic E-state index is 13.2. The quantitative estimate of drug-likeness (QED) is 0.184. The predicted molar refractivity (Wildman–Crippen MR) is 162 cm³/mol. The second kappa shape index (κ2) is 11.2. The zero-order valence-corrected chi connectivity index (χ0v) is 24.8. The number of piperidine rings is 1. The van der Waals surface area contributed by atoms with Crippen molar-refractivity contribution in [1.29, 1.82) is 0 Å². The molecule has 0 saturated carbocycles. The van der Waals surface area contributed by atoms with Crippen molar-refractivity contribution in [3.05, 3.63) is 116 Å². The van der Waals surface area contributed by atoms with Crippen LogP contribution in [0.2, 0.25) is 10.0 Å². The second-order valence-electron chi connectivity index (χ2n) is 10.1. The van der Waals surface area contributed by atoms with Gasteiger partial charge in [-0.15, -0.1) is 11.3 Å². The minimum Gasteiger partial charge on any atom is -0.477 e. The summed E-state index contributed by atoms with van der Waals surface area (Å²) in [5.41, 5.74) is 5.13. The van der Waals surface area contributed by atoms with E-state index in [1.165, 1.54) is 16.4 Å². The molecule has 0 bridgehead atoms. The van der Waals surface area contributed by atoms with Crippen LogP contribution in [0.3, 0.4) is 0 Å². The lowest BCUT2D eigenvalue weighted by Gasteiger charge is -2.30. The molecule has 41 heavy (non-hydrogen) atoms. The standard InChI is InChI=1S/C30H25Cl2N3O4S2/c31-22-6-1-18(2-7-22)28(19-3-8-23(32)9-4-19)21-5-10-25-24(17-21)29(34-33-25)20-13-15-35(16-14-20)41(38,39)27-12-11-26(40-27)30(36)37/h1-12,17,20,28H,13-16H2,(H,33,34)(H,36,37). The fourth-order valence-corrected chi connectivity index (χ4v) is 8.53. The molecule has 2 N–H and O–H groups in total. The Bertz CT molecular complexity index is 1780. The largest absolute Gasteiger partial charge is 0.477 e. The highest BCUT2D eigenvalue weighted by molar-refractivity contribution is 7.91. The van der Waals surface area contributed by atoms with Crippen LogP contribution in [0.15, 0.2) is 83.1 Å². The molecule has 0 aliphatic carbocycles. The molecule has 1 fully saturated rings. The van der Waals surface area contributed by atoms with Crippen molar-refractivity contribution in [2.24, 2.45) is 0 Å². The third-order valence-corrected chi connectivity index (χ3v) is 11.5. The van der Waals surface area contributed by atoms with Gasteiger partial charge in [-0.2, -0.15) is 9.40 Å². The fourth-order valence-electron chi connectivity index (χ4n) is 5.51. The number of rotatable bonds is 7. The number of fused-ring (bicyclic) bond motifs is 1. The maximum Gasteiger partial charge on any atom is 0.345 e. The van der Waals surface area contributed by atoms with Crippen LogP contribution < -0.4 is 0 Å². The van der Waals surface area contributed by atoms with E-state index in [0.29, 0.717) is 36.0 Å². The number of thiophene rings is 1. The molecule has 11 heteroatoms. The van der Waals surface area contributed by atoms with Crippen molar-refractivity contribution in [3.63, 3.8) is 0 Å². The van der Waals surface area contributed by atoms with Gasteiger partial charge in [-0.05, 0) is 78.1 Å². The number of carboxylic acid groups (broad SMARTS) is 1. The van der Waals surface area contributed by atoms with Crippen molar-refractivity contribution in [2.75, 3.05) is 13.1 Å². The Morgan fingerprint density at radius 2 is 1.49 bits per heavy atom. The van der Waals surface area contributed by atoms with Gasteiger partial charge in [0, 0.05) is 46.1 Å². The number of sulfonamides is 1. The zero-order chi connectivity index (χ0) is 28.7. The number of nitrogens with one attached hydrogen (secondary N) is 1. The van der Waals surface area contributed by atoms with Gasteiger partial charge in [-0.3, -0.25) is 5.10 Å². The molecule has 0 radical (unpaired) electrons. The van der Waals surface area contributed by atoms with Crippen LogP contribution in [0, 0.1) is 0 Å². The van der Waals surface area contributed by atoms with Gasteiger partial charge in [0.15, 0.2) is 0 Å². The van der Waals surface area contributed by atoms with E-state index in [9.17, 15) is 18.3 Å². The lowest BCUT2D eigenvalue weighted by atomic mass is 9.84. The molecule has 1 saturated heterocycles. The highest BCUT2D eigenvalue weighted by atomic mass is 35.5. The van der Waals surface area contributed by atoms with E-state index in [4.69, 9.17) is 23.2 Å². The topological polar surface area (TPSA) is 103 Å². The minimum atomic E-state index is -3.75. The van der Waals surface area contributed by atoms with Crippen molar-refractivity contribution in [1.82, 2.24) is 14.5 Å². The SMILES string of the molecule is O=C(O)c1ccc(S(=O)(=O)N2CCC(c3[nH]nc4ccc(C(c5ccc(Cl)cc5)c5ccc(Cl)cc5)cc34)CC2)s1. The third kappa shape index (κ3) is 5.52. The molecule has 2 aromatic heterocycles. The Labute approximate surface area is 251 Å². The summed E-state index contributed by atoms with van der Waals surface area (Å²) in [5.74, 6) is -1.08. The van der Waals surface area contributed by atoms with Gasteiger partial charge in [0.25, 0.3) is 10.0 Å². The number of aromatic carboxylic acids is 1. The van der Waals surface area contributed by atoms with Gasteiger partial charge in [0.05, 0.1) is 5.52 Å². The van der Waals surface area contributed by atoms with E-state index in [-0.39, 0.29) is 20.9 Å². The molecular weight excluding hydrogens is 601 g/mol. The number of H-pyrrole nitrogens is 1. The predicted octanol–water partition coefficient (Wildman–Crippen LogP) is 7.38. The summed E-state index contributed by atoms with van der Waals surface area (Å²) in [6, 6.07) is 24.7. The molecule has 0 amide bonds. The Kier molecular flexibility index (Phi) is 7.65. The van der Waals surface area contributed by atoms with E-state index in [2.05, 4.69) is 22.3 Å². The first kappa shape index (κ1) is 27.9. The van der Waals surface area contributed by atoms with Crippen molar-refractivity contribution in [3.8, 4) is 0 Å². The van der Waals surface area contributed by atoms with Crippen molar-refractivity contribution in [2.45, 2.75) is 28.9 Å². The summed E-state index contributed by atoms with van der Waals surface area (Å²) in [6.45, 7) is 0.678. The van der Waals surface area contributed by atoms with Crippen LogP contribution in [0.25, 0.3) is 10.9 Å². The average Bonchev–Trinajstić information content (AvgIpc) is 3.64. The fraction of sp³-hybridized carbons (Fsp3) is 0.200. The van der Waals surface area contributed by atoms with Gasteiger partial charge in [0.2, 0.25) is 0 Å². The smallest absolute Gasteiger partial charge is 0.345 e. The van der Waals surface area contributed by atoms with Crippen LogP contribution in [0.1, 0.15) is 56.7 Å². The van der Waals surface area contributed by atoms with Crippen LogP contribution in [-0.2, 0) is 10.0 Å². The summed E-state index contributed by atoms with van der Waals surface area (Å²) in [4.78, 5) is 11.2. The number of hydrogen-bond acceptors (Lipinski definition) is 5. The molecule has 6 rings (SSSR count). The highest BCUT2D eigenvalue weighted by Crippen LogP contribution is 2.38. The average molecular weight is 627 g/mol. The minimum absolute atomic E-state index is 0.00806. The number of halogens is 2. The van der Waals surface area contributed by atoms with E-state index >= 15 is 0 Å². The lowest BCUT2D eigenvalue weighted by Crippen LogP contribution is -2.37. The molecule has 3 heterocycles. The number of aromatic amines is 1. The molecule has 0 atom stereocenters. The van der Waals surface area contributed by atoms with E-state index in [0.717, 1.165) is 44.6 Å². The molecule has 1 aliphatic heterocycles. The molecule has 3 aromatic carbocycles. The Morgan fingerprint density at radius 3 is 2.05 bits per heavy atom. The van der Waals surface area contributed by atoms with Gasteiger partial charge < -0.3 is 5.11 Å². The van der Waals surface area contributed by atoms with Crippen LogP contribution in [0.4, 0.5) is 0 Å². The van der Waals surface area contributed by atoms with Gasteiger partial charge in [0.1, 0.15) is 9.09 Å². The van der Waals surface area contributed by atoms with Crippen LogP contribution in [0.5, 0.6) is 0 Å². The Morgan fingerprint density at radius 1 is 0.902 bits per heavy atom. The number of hydrogen-bond donors (Lipinski definition) is 2. The molecule has 1 aliphatic rings. The monoisotopic (exact) mass is 625 g/mol. The summed E-state index contributed by atoms with van der Waals surface area (Å²) in [7, 11) is -3.75. The molecular formula is C30H25Cl2N3O4S2. The van der Waals surface area contributed by atoms with E-state index in [1.807, 2.05) is 54.6 Å². The highest BCUT2D eigenvalue weighted by Gasteiger charge is 2.33. The van der Waals surface area contributed by atoms with Crippen LogP contribution in [-0.4, -0.2) is 47.1 Å². The van der Waals surface area contributed by atoms with E-state index < -0.39 is 16.0 Å². The summed E-state index contributed by atoms with van der Waals surface area (Å²) in [6.07, 6.45) is 1.24. The number of benzene rings is 3. The van der Waals surface area contributed by atoms with Crippen LogP contribution >= 0.6 is 34.5 Å². The summed E-state index contributed by atoms with van der Waals surface area (Å²) in [5, 5.41) is 19.3. The van der Waals surface area contributed by atoms with E-state index in [1.54, 1.807) is 0 Å². The molecule has 0 unspecified atom stereocenters. The summed E-state index contributed by atoms with van der Waals surface area (Å²) >= 11 is 13.2. The first-order chi connectivity index (χ1) is 19.7. The first-order valence-electron chi connectivity index (χ1n) is 13.0. The second-order valence-corrected chi connectivity index (χ2v) is 14.2. The molecule has 210 valence electrons. The zero-order valence-electron chi connectivity index (χ0n) is 21.6. The third-order valence-electron chi connectivity index (χ3n) is 7.60.